The average molecular weight is 1280 g/mol. The van der Waals surface area contributed by atoms with Crippen LogP contribution in [0.1, 0.15) is 42.9 Å². The standard InChI is InChI=1S/C60H71N13O11S4/c1-35(74)51-59(83)71-49(58(82)69-47(52(62)76)32-87-88-50-21-11-13-27-63-50)34-86-85-33-48(70-55(79)45(28-36-14-4-2-5-15-36)72-60(84)65-39-16-6-3-7-17-39)57(81)67-44(29-37-22-24-40(75)25-23-37)54(78)68-46(30-38-31-64-42-19-9-8-18-41(38)42)56(80)66-43(53(77)73-51)20-10-12-26-61/h2-9,11,13-19,21-25,27,31,35,43-49,51,64,74-75H,10,12,20,26,28-30,32-34,61H2,1H3,(H2,62,76)(H,66,80)(H,67,81)(H,68,78)(H,69,82)(H,70,79)(H,71,83)(H,73,77)(H2,65,72,84)/t35-,43+,44+,45-,46-,47+,48+,49+,51+/m1/s1. The minimum atomic E-state index is -1.74. The first kappa shape index (κ1) is 67.2. The van der Waals surface area contributed by atoms with Gasteiger partial charge in [-0.1, -0.05) is 117 Å². The van der Waals surface area contributed by atoms with Gasteiger partial charge < -0.3 is 74.5 Å². The number of primary amides is 1. The van der Waals surface area contributed by atoms with E-state index >= 15 is 9.59 Å². The van der Waals surface area contributed by atoms with Gasteiger partial charge in [-0.3, -0.25) is 38.4 Å². The summed E-state index contributed by atoms with van der Waals surface area (Å²) in [5, 5.41) is 47.1. The molecule has 10 amide bonds. The number of nitrogens with one attached hydrogen (secondary N) is 10. The van der Waals surface area contributed by atoms with Crippen molar-refractivity contribution in [2.75, 3.05) is 29.1 Å². The number of carbonyl (C=O) groups is 9. The van der Waals surface area contributed by atoms with E-state index in [-0.39, 0.29) is 55.2 Å². The largest absolute Gasteiger partial charge is 0.508 e. The summed E-state index contributed by atoms with van der Waals surface area (Å²) in [6, 6.07) is 23.2. The Labute approximate surface area is 523 Å². The van der Waals surface area contributed by atoms with Crippen molar-refractivity contribution < 1.29 is 53.4 Å². The lowest BCUT2D eigenvalue weighted by Gasteiger charge is -2.29. The van der Waals surface area contributed by atoms with E-state index in [0.29, 0.717) is 40.2 Å². The number of aromatic hydroxyl groups is 1. The number of phenols is 1. The van der Waals surface area contributed by atoms with E-state index in [1.54, 1.807) is 97.3 Å². The van der Waals surface area contributed by atoms with Crippen molar-refractivity contribution >= 4 is 113 Å². The Morgan fingerprint density at radius 3 is 2.03 bits per heavy atom. The minimum absolute atomic E-state index is 0.0211. The van der Waals surface area contributed by atoms with E-state index in [9.17, 15) is 43.8 Å². The number of para-hydroxylation sites is 2. The zero-order valence-corrected chi connectivity index (χ0v) is 51.1. The normalized spacial score (nSPS) is 20.1. The smallest absolute Gasteiger partial charge is 0.319 e. The molecule has 2 aromatic heterocycles. The number of pyridine rings is 1. The first-order valence-electron chi connectivity index (χ1n) is 28.2. The third-order valence-electron chi connectivity index (χ3n) is 13.8. The highest BCUT2D eigenvalue weighted by atomic mass is 33.1. The number of H-pyrrole nitrogens is 1. The molecule has 1 fully saturated rings. The molecule has 4 aromatic carbocycles. The van der Waals surface area contributed by atoms with E-state index in [0.717, 1.165) is 32.5 Å². The number of aromatic nitrogens is 2. The molecule has 28 heteroatoms. The van der Waals surface area contributed by atoms with E-state index in [4.69, 9.17) is 11.5 Å². The predicted octanol–water partition coefficient (Wildman–Crippen LogP) is 2.71. The van der Waals surface area contributed by atoms with Gasteiger partial charge in [0.15, 0.2) is 0 Å². The molecule has 1 aliphatic heterocycles. The van der Waals surface area contributed by atoms with Gasteiger partial charge in [0.05, 0.1) is 6.10 Å². The van der Waals surface area contributed by atoms with Gasteiger partial charge in [0.25, 0.3) is 0 Å². The highest BCUT2D eigenvalue weighted by Gasteiger charge is 2.37. The van der Waals surface area contributed by atoms with Crippen LogP contribution in [0.5, 0.6) is 5.75 Å². The van der Waals surface area contributed by atoms with Gasteiger partial charge in [0, 0.05) is 65.5 Å². The molecule has 88 heavy (non-hydrogen) atoms. The molecule has 0 spiro atoms. The minimum Gasteiger partial charge on any atom is -0.508 e. The number of carbonyl (C=O) groups excluding carboxylic acids is 9. The molecule has 466 valence electrons. The monoisotopic (exact) mass is 1280 g/mol. The lowest BCUT2D eigenvalue weighted by Crippen LogP contribution is -2.62. The lowest BCUT2D eigenvalue weighted by atomic mass is 10.0. The van der Waals surface area contributed by atoms with Crippen molar-refractivity contribution in [2.24, 2.45) is 11.5 Å². The van der Waals surface area contributed by atoms with Gasteiger partial charge in [0.2, 0.25) is 47.3 Å². The van der Waals surface area contributed by atoms with Crippen LogP contribution in [-0.4, -0.2) is 152 Å². The third kappa shape index (κ3) is 21.0. The van der Waals surface area contributed by atoms with Crippen LogP contribution in [0.15, 0.2) is 145 Å². The second-order valence-electron chi connectivity index (χ2n) is 20.5. The van der Waals surface area contributed by atoms with E-state index in [2.05, 4.69) is 57.8 Å². The summed E-state index contributed by atoms with van der Waals surface area (Å²) in [5.41, 5.74) is 14.5. The number of unbranched alkanes of at least 4 members (excludes halogenated alkanes) is 1. The second-order valence-corrected chi connectivity index (χ2v) is 25.4. The summed E-state index contributed by atoms with van der Waals surface area (Å²) in [7, 11) is 4.33. The van der Waals surface area contributed by atoms with Crippen LogP contribution in [0, 0.1) is 0 Å². The van der Waals surface area contributed by atoms with Crippen LogP contribution in [0.3, 0.4) is 0 Å². The lowest BCUT2D eigenvalue weighted by molar-refractivity contribution is -0.136. The molecule has 0 radical (unpaired) electrons. The molecule has 1 saturated heterocycles. The summed E-state index contributed by atoms with van der Waals surface area (Å²) in [6.45, 7) is 1.47. The Bertz CT molecular complexity index is 3320. The number of hydrogen-bond acceptors (Lipinski definition) is 17. The predicted molar refractivity (Wildman–Crippen MR) is 341 cm³/mol. The number of amides is 10. The van der Waals surface area contributed by atoms with Crippen molar-refractivity contribution in [3.8, 4) is 5.75 Å². The van der Waals surface area contributed by atoms with Gasteiger partial charge in [-0.05, 0) is 103 Å². The van der Waals surface area contributed by atoms with Crippen LogP contribution in [-0.2, 0) is 57.6 Å². The molecule has 0 aliphatic carbocycles. The second kappa shape index (κ2) is 34.3. The Hall–Kier alpha value is -8.28. The maximum atomic E-state index is 15.1. The maximum Gasteiger partial charge on any atom is 0.319 e. The molecular weight excluding hydrogens is 1210 g/mol. The molecule has 7 rings (SSSR count). The van der Waals surface area contributed by atoms with E-state index < -0.39 is 108 Å². The summed E-state index contributed by atoms with van der Waals surface area (Å²) in [5.74, 6) is -7.86. The Kier molecular flexibility index (Phi) is 26.2. The van der Waals surface area contributed by atoms with Crippen LogP contribution in [0.25, 0.3) is 10.9 Å². The molecule has 6 aromatic rings. The molecule has 0 saturated carbocycles. The number of urea groups is 1. The van der Waals surface area contributed by atoms with Gasteiger partial charge in [0.1, 0.15) is 59.1 Å². The number of fused-ring (bicyclic) bond motifs is 1. The van der Waals surface area contributed by atoms with E-state index in [1.165, 1.54) is 52.8 Å². The average Bonchev–Trinajstić information content (AvgIpc) is 3.70. The highest BCUT2D eigenvalue weighted by molar-refractivity contribution is 8.77. The zero-order valence-electron chi connectivity index (χ0n) is 47.8. The number of aliphatic hydroxyl groups excluding tert-OH is 1. The van der Waals surface area contributed by atoms with Crippen LogP contribution < -0.4 is 59.3 Å². The van der Waals surface area contributed by atoms with Crippen molar-refractivity contribution in [1.82, 2.24) is 52.5 Å². The van der Waals surface area contributed by atoms with Crippen LogP contribution in [0.4, 0.5) is 10.5 Å². The van der Waals surface area contributed by atoms with Crippen LogP contribution in [0.2, 0.25) is 0 Å². The van der Waals surface area contributed by atoms with Crippen molar-refractivity contribution in [2.45, 2.75) is 105 Å². The number of nitrogens with zero attached hydrogens (tertiary/aromatic N) is 1. The SMILES string of the molecule is C[C@@H](O)[C@@H]1NC(=O)[C@H](CCCCN)NC(=O)[C@@H](Cc2c[nH]c3ccccc23)NC(=O)[C@H](Cc2ccc(O)cc2)NC(=O)[C@@H](NC(=O)[C@@H](Cc2ccccc2)NC(=O)Nc2ccccc2)CSSC[C@@H](C(=O)N[C@@H](CSSc2ccccn2)C(N)=O)NC1=O. The molecule has 0 bridgehead atoms. The van der Waals surface area contributed by atoms with Gasteiger partial charge in [-0.2, -0.15) is 0 Å². The van der Waals surface area contributed by atoms with E-state index in [1.807, 2.05) is 18.2 Å². The van der Waals surface area contributed by atoms with Crippen molar-refractivity contribution in [1.29, 1.82) is 0 Å². The number of anilines is 1. The number of rotatable bonds is 22. The molecular formula is C60H71N13O11S4. The number of nitrogens with two attached hydrogens (primary N) is 2. The number of hydrogen-bond donors (Lipinski definition) is 14. The van der Waals surface area contributed by atoms with Gasteiger partial charge in [-0.25, -0.2) is 9.78 Å². The Morgan fingerprint density at radius 1 is 0.693 bits per heavy atom. The molecule has 24 nitrogen and oxygen atoms in total. The zero-order chi connectivity index (χ0) is 63.0. The third-order valence-corrected chi connectivity index (χ3v) is 18.5. The fraction of sp³-hybridized carbons (Fsp3) is 0.333. The number of phenolic OH excluding ortho intramolecular Hbond substituents is 1. The number of aliphatic hydroxyl groups is 1. The fourth-order valence-corrected chi connectivity index (χ4v) is 13.5. The van der Waals surface area contributed by atoms with Crippen molar-refractivity contribution in [3.63, 3.8) is 0 Å². The van der Waals surface area contributed by atoms with Gasteiger partial charge >= 0.3 is 6.03 Å². The molecule has 0 unspecified atom stereocenters. The number of benzene rings is 4. The summed E-state index contributed by atoms with van der Waals surface area (Å²) >= 11 is 0. The first-order valence-corrected chi connectivity index (χ1v) is 33.0. The Morgan fingerprint density at radius 2 is 1.34 bits per heavy atom. The first-order chi connectivity index (χ1) is 42.4. The van der Waals surface area contributed by atoms with Crippen LogP contribution >= 0.6 is 43.2 Å². The molecule has 1 aliphatic rings. The maximum absolute atomic E-state index is 15.1. The molecule has 9 atom stereocenters. The van der Waals surface area contributed by atoms with Crippen molar-refractivity contribution in [3.05, 3.63) is 156 Å². The number of aromatic amines is 1. The summed E-state index contributed by atoms with van der Waals surface area (Å²) in [4.78, 5) is 137. The topological polar surface area (TPSA) is 383 Å². The Balaban J connectivity index is 1.27. The molecule has 16 N–H and O–H groups in total. The summed E-state index contributed by atoms with van der Waals surface area (Å²) < 4.78 is 0. The van der Waals surface area contributed by atoms with Gasteiger partial charge in [-0.15, -0.1) is 0 Å². The molecule has 3 heterocycles. The summed E-state index contributed by atoms with van der Waals surface area (Å²) in [6.07, 6.45) is 1.96. The fourth-order valence-electron chi connectivity index (χ4n) is 9.11. The quantitative estimate of drug-likeness (QED) is 0.0343. The highest BCUT2D eigenvalue weighted by Crippen LogP contribution is 2.30.